The van der Waals surface area contributed by atoms with Crippen LogP contribution in [0.2, 0.25) is 0 Å². The first-order valence-electron chi connectivity index (χ1n) is 13.0. The molecule has 1 fully saturated rings. The van der Waals surface area contributed by atoms with Crippen molar-refractivity contribution in [2.24, 2.45) is 0 Å². The van der Waals surface area contributed by atoms with E-state index < -0.39 is 32.7 Å². The van der Waals surface area contributed by atoms with Crippen LogP contribution in [-0.4, -0.2) is 51.6 Å². The van der Waals surface area contributed by atoms with Crippen LogP contribution in [0.4, 0.5) is 18.9 Å². The number of rotatable bonds is 11. The highest BCUT2D eigenvalue weighted by atomic mass is 32.2. The third-order valence-corrected chi connectivity index (χ3v) is 7.89. The molecule has 1 aliphatic rings. The Hall–Kier alpha value is -3.51. The van der Waals surface area contributed by atoms with Crippen molar-refractivity contribution in [3.63, 3.8) is 0 Å². The highest BCUT2D eigenvalue weighted by molar-refractivity contribution is 7.87. The molecule has 40 heavy (non-hydrogen) atoms. The molecule has 0 unspecified atom stereocenters. The second-order valence-electron chi connectivity index (χ2n) is 9.33. The van der Waals surface area contributed by atoms with Crippen LogP contribution in [-0.2, 0) is 27.6 Å². The maximum absolute atomic E-state index is 13.3. The van der Waals surface area contributed by atoms with Crippen molar-refractivity contribution < 1.29 is 39.7 Å². The van der Waals surface area contributed by atoms with Gasteiger partial charge in [0.1, 0.15) is 10.6 Å². The minimum absolute atomic E-state index is 0.0502. The van der Waals surface area contributed by atoms with E-state index in [9.17, 15) is 26.4 Å². The van der Waals surface area contributed by atoms with Crippen molar-refractivity contribution in [2.75, 3.05) is 31.1 Å². The first-order chi connectivity index (χ1) is 19.0. The summed E-state index contributed by atoms with van der Waals surface area (Å²) in [7, 11) is -4.66. The molecule has 0 spiro atoms. The molecule has 3 aromatic rings. The fourth-order valence-corrected chi connectivity index (χ4v) is 5.55. The Labute approximate surface area is 231 Å². The zero-order chi connectivity index (χ0) is 28.9. The van der Waals surface area contributed by atoms with Crippen LogP contribution in [0.3, 0.4) is 0 Å². The number of furan rings is 1. The molecule has 12 heteroatoms. The Kier molecular flexibility index (Phi) is 9.09. The molecule has 0 N–H and O–H groups in total. The third-order valence-electron chi connectivity index (χ3n) is 6.66. The third kappa shape index (κ3) is 6.97. The van der Waals surface area contributed by atoms with E-state index in [0.717, 1.165) is 31.0 Å². The van der Waals surface area contributed by atoms with Gasteiger partial charge in [-0.15, -0.1) is 0 Å². The summed E-state index contributed by atoms with van der Waals surface area (Å²) in [4.78, 5) is 16.1. The fourth-order valence-electron chi connectivity index (χ4n) is 4.55. The fraction of sp³-hybridized carbons (Fsp3) is 0.393. The largest absolute Gasteiger partial charge is 0.459 e. The Morgan fingerprint density at radius 3 is 2.48 bits per heavy atom. The van der Waals surface area contributed by atoms with E-state index in [1.165, 1.54) is 23.3 Å². The SMILES string of the molecule is CCN(CC)c1ccc(CN(C[C@@H]2CCCO2)C(=O)c2ccco2)c(OS(=O)(=O)c2cccc(C(F)(F)F)c2)c1. The van der Waals surface area contributed by atoms with Crippen LogP contribution < -0.4 is 9.08 Å². The van der Waals surface area contributed by atoms with Gasteiger partial charge in [0.25, 0.3) is 5.91 Å². The van der Waals surface area contributed by atoms with Gasteiger partial charge in [0.2, 0.25) is 0 Å². The first-order valence-corrected chi connectivity index (χ1v) is 14.4. The number of carbonyl (C=O) groups excluding carboxylic acids is 1. The second-order valence-corrected chi connectivity index (χ2v) is 10.9. The van der Waals surface area contributed by atoms with E-state index in [4.69, 9.17) is 13.3 Å². The van der Waals surface area contributed by atoms with E-state index in [1.54, 1.807) is 18.2 Å². The summed E-state index contributed by atoms with van der Waals surface area (Å²) in [6.45, 7) is 5.87. The van der Waals surface area contributed by atoms with E-state index in [1.807, 2.05) is 18.7 Å². The number of nitrogens with zero attached hydrogens (tertiary/aromatic N) is 2. The summed E-state index contributed by atoms with van der Waals surface area (Å²) in [6.07, 6.45) is -1.93. The van der Waals surface area contributed by atoms with Crippen LogP contribution >= 0.6 is 0 Å². The molecule has 0 radical (unpaired) electrons. The average Bonchev–Trinajstić information content (AvgIpc) is 3.64. The Morgan fingerprint density at radius 2 is 1.85 bits per heavy atom. The first kappa shape index (κ1) is 29.5. The molecular formula is C28H31F3N2O6S. The second kappa shape index (κ2) is 12.3. The van der Waals surface area contributed by atoms with Crippen molar-refractivity contribution in [2.45, 2.75) is 50.4 Å². The molecule has 216 valence electrons. The van der Waals surface area contributed by atoms with Crippen molar-refractivity contribution in [1.29, 1.82) is 0 Å². The molecule has 1 atom stereocenters. The molecule has 2 heterocycles. The minimum Gasteiger partial charge on any atom is -0.459 e. The summed E-state index contributed by atoms with van der Waals surface area (Å²) in [6, 6.07) is 11.5. The van der Waals surface area contributed by atoms with Crippen LogP contribution in [0.1, 0.15) is 48.4 Å². The number of hydrogen-bond donors (Lipinski definition) is 0. The van der Waals surface area contributed by atoms with Gasteiger partial charge in [-0.1, -0.05) is 12.1 Å². The Balaban J connectivity index is 1.72. The van der Waals surface area contributed by atoms with Gasteiger partial charge in [-0.25, -0.2) is 0 Å². The van der Waals surface area contributed by atoms with Crippen LogP contribution in [0, 0.1) is 0 Å². The topological polar surface area (TPSA) is 89.3 Å². The molecule has 2 aromatic carbocycles. The number of carbonyl (C=O) groups is 1. The van der Waals surface area contributed by atoms with Gasteiger partial charge >= 0.3 is 16.3 Å². The summed E-state index contributed by atoms with van der Waals surface area (Å²) in [5.41, 5.74) is -0.100. The Bertz CT molecular complexity index is 1400. The lowest BCUT2D eigenvalue weighted by Crippen LogP contribution is -2.37. The standard InChI is InChI=1S/C28H31F3N2O6S/c1-3-32(4-2)22-13-12-20(18-33(19-23-9-6-14-37-23)27(34)25-11-7-15-38-25)26(17-22)39-40(35,36)24-10-5-8-21(16-24)28(29,30)31/h5,7-8,10-13,15-17,23H,3-4,6,9,14,18-19H2,1-2H3/t23-/m0/s1. The molecule has 8 nitrogen and oxygen atoms in total. The van der Waals surface area contributed by atoms with Gasteiger partial charge in [-0.2, -0.15) is 21.6 Å². The van der Waals surface area contributed by atoms with Crippen molar-refractivity contribution in [1.82, 2.24) is 4.90 Å². The van der Waals surface area contributed by atoms with Gasteiger partial charge in [0, 0.05) is 50.1 Å². The molecule has 1 amide bonds. The highest BCUT2D eigenvalue weighted by Crippen LogP contribution is 2.33. The van der Waals surface area contributed by atoms with Gasteiger partial charge < -0.3 is 23.1 Å². The number of anilines is 1. The lowest BCUT2D eigenvalue weighted by Gasteiger charge is -2.27. The van der Waals surface area contributed by atoms with E-state index >= 15 is 0 Å². The predicted molar refractivity (Wildman–Crippen MR) is 142 cm³/mol. The highest BCUT2D eigenvalue weighted by Gasteiger charge is 2.33. The summed E-state index contributed by atoms with van der Waals surface area (Å²) >= 11 is 0. The zero-order valence-corrected chi connectivity index (χ0v) is 23.0. The lowest BCUT2D eigenvalue weighted by molar-refractivity contribution is -0.137. The van der Waals surface area contributed by atoms with Crippen molar-refractivity contribution in [3.05, 3.63) is 77.7 Å². The molecule has 1 saturated heterocycles. The number of halogens is 3. The van der Waals surface area contributed by atoms with Crippen LogP contribution in [0.5, 0.6) is 5.75 Å². The lowest BCUT2D eigenvalue weighted by atomic mass is 10.1. The van der Waals surface area contributed by atoms with Crippen molar-refractivity contribution in [3.8, 4) is 5.75 Å². The van der Waals surface area contributed by atoms with Gasteiger partial charge in [-0.05, 0) is 63.1 Å². The molecule has 0 saturated carbocycles. The van der Waals surface area contributed by atoms with Gasteiger partial charge in [0.15, 0.2) is 5.76 Å². The number of ether oxygens (including phenoxy) is 1. The number of alkyl halides is 3. The number of benzene rings is 2. The summed E-state index contributed by atoms with van der Waals surface area (Å²) in [5.74, 6) is -0.400. The quantitative estimate of drug-likeness (QED) is 0.268. The summed E-state index contributed by atoms with van der Waals surface area (Å²) < 4.78 is 82.8. The Morgan fingerprint density at radius 1 is 1.07 bits per heavy atom. The maximum Gasteiger partial charge on any atom is 0.416 e. The molecule has 4 rings (SSSR count). The zero-order valence-electron chi connectivity index (χ0n) is 22.2. The van der Waals surface area contributed by atoms with E-state index in [2.05, 4.69) is 0 Å². The molecule has 1 aromatic heterocycles. The van der Waals surface area contributed by atoms with Crippen LogP contribution in [0.25, 0.3) is 0 Å². The van der Waals surface area contributed by atoms with Gasteiger partial charge in [-0.3, -0.25) is 4.79 Å². The summed E-state index contributed by atoms with van der Waals surface area (Å²) in [5, 5.41) is 0. The predicted octanol–water partition coefficient (Wildman–Crippen LogP) is 5.73. The normalized spacial score (nSPS) is 15.7. The molecule has 0 bridgehead atoms. The number of hydrogen-bond acceptors (Lipinski definition) is 7. The average molecular weight is 581 g/mol. The minimum atomic E-state index is -4.73. The molecule has 1 aliphatic heterocycles. The number of amides is 1. The van der Waals surface area contributed by atoms with E-state index in [-0.39, 0.29) is 30.7 Å². The van der Waals surface area contributed by atoms with Gasteiger partial charge in [0.05, 0.1) is 17.9 Å². The molecular weight excluding hydrogens is 549 g/mol. The van der Waals surface area contributed by atoms with E-state index in [0.29, 0.717) is 37.0 Å². The van der Waals surface area contributed by atoms with Crippen LogP contribution in [0.15, 0.2) is 70.2 Å². The smallest absolute Gasteiger partial charge is 0.416 e. The monoisotopic (exact) mass is 580 g/mol. The molecule has 0 aliphatic carbocycles. The maximum atomic E-state index is 13.3. The van der Waals surface area contributed by atoms with Crippen molar-refractivity contribution >= 4 is 21.7 Å².